The van der Waals surface area contributed by atoms with Crippen LogP contribution in [-0.4, -0.2) is 24.5 Å². The molecule has 4 heteroatoms. The molecule has 2 aliphatic rings. The van der Waals surface area contributed by atoms with Gasteiger partial charge < -0.3 is 16.0 Å². The van der Waals surface area contributed by atoms with Crippen LogP contribution in [0.2, 0.25) is 0 Å². The van der Waals surface area contributed by atoms with Crippen molar-refractivity contribution in [3.8, 4) is 0 Å². The summed E-state index contributed by atoms with van der Waals surface area (Å²) in [5, 5.41) is 3.52. The standard InChI is InChI=1S/C17H25N3O/c18-17(21)12-20(15-3-1-2-4-15)16-9-5-13(6-10-16)11-19-14-7-8-14/h5-6,9-10,14-15,19H,1-4,7-8,11-12H2,(H2,18,21). The second-order valence-electron chi connectivity index (χ2n) is 6.35. The molecule has 0 unspecified atom stereocenters. The zero-order valence-electron chi connectivity index (χ0n) is 12.6. The molecule has 0 spiro atoms. The van der Waals surface area contributed by atoms with Crippen molar-refractivity contribution in [3.63, 3.8) is 0 Å². The highest BCUT2D eigenvalue weighted by atomic mass is 16.1. The second kappa shape index (κ2) is 6.48. The van der Waals surface area contributed by atoms with Crippen molar-refractivity contribution < 1.29 is 4.79 Å². The van der Waals surface area contributed by atoms with Gasteiger partial charge in [-0.15, -0.1) is 0 Å². The van der Waals surface area contributed by atoms with E-state index in [2.05, 4.69) is 34.5 Å². The summed E-state index contributed by atoms with van der Waals surface area (Å²) in [5.41, 5.74) is 7.85. The molecule has 114 valence electrons. The largest absolute Gasteiger partial charge is 0.368 e. The minimum absolute atomic E-state index is 0.249. The average molecular weight is 287 g/mol. The Morgan fingerprint density at radius 1 is 1.14 bits per heavy atom. The van der Waals surface area contributed by atoms with E-state index in [1.165, 1.54) is 31.2 Å². The molecule has 2 aliphatic carbocycles. The van der Waals surface area contributed by atoms with Crippen molar-refractivity contribution in [2.24, 2.45) is 5.73 Å². The number of nitrogens with zero attached hydrogens (tertiary/aromatic N) is 1. The van der Waals surface area contributed by atoms with Crippen LogP contribution in [0.3, 0.4) is 0 Å². The van der Waals surface area contributed by atoms with E-state index in [-0.39, 0.29) is 5.91 Å². The highest BCUT2D eigenvalue weighted by Gasteiger charge is 2.24. The van der Waals surface area contributed by atoms with Crippen molar-refractivity contribution in [1.82, 2.24) is 5.32 Å². The van der Waals surface area contributed by atoms with Crippen LogP contribution in [0.4, 0.5) is 5.69 Å². The number of benzene rings is 1. The number of anilines is 1. The Labute approximate surface area is 126 Å². The van der Waals surface area contributed by atoms with E-state index in [4.69, 9.17) is 5.73 Å². The zero-order chi connectivity index (χ0) is 14.7. The van der Waals surface area contributed by atoms with E-state index < -0.39 is 0 Å². The van der Waals surface area contributed by atoms with Gasteiger partial charge in [-0.2, -0.15) is 0 Å². The molecule has 0 radical (unpaired) electrons. The monoisotopic (exact) mass is 287 g/mol. The summed E-state index contributed by atoms with van der Waals surface area (Å²) in [6, 6.07) is 9.78. The fraction of sp³-hybridized carbons (Fsp3) is 0.588. The number of amides is 1. The van der Waals surface area contributed by atoms with Gasteiger partial charge in [-0.3, -0.25) is 4.79 Å². The molecule has 3 rings (SSSR count). The van der Waals surface area contributed by atoms with E-state index >= 15 is 0 Å². The van der Waals surface area contributed by atoms with Gasteiger partial charge in [0.2, 0.25) is 5.91 Å². The molecule has 2 fully saturated rings. The lowest BCUT2D eigenvalue weighted by molar-refractivity contribution is -0.116. The predicted octanol–water partition coefficient (Wildman–Crippen LogP) is 2.17. The first kappa shape index (κ1) is 14.4. The summed E-state index contributed by atoms with van der Waals surface area (Å²) in [4.78, 5) is 13.5. The van der Waals surface area contributed by atoms with Crippen molar-refractivity contribution in [3.05, 3.63) is 29.8 Å². The molecule has 3 N–H and O–H groups in total. The van der Waals surface area contributed by atoms with Gasteiger partial charge >= 0.3 is 0 Å². The second-order valence-corrected chi connectivity index (χ2v) is 6.35. The molecule has 21 heavy (non-hydrogen) atoms. The lowest BCUT2D eigenvalue weighted by Gasteiger charge is -2.30. The Hall–Kier alpha value is -1.55. The van der Waals surface area contributed by atoms with Crippen LogP contribution < -0.4 is 16.0 Å². The SMILES string of the molecule is NC(=O)CN(c1ccc(CNC2CC2)cc1)C1CCCC1. The Balaban J connectivity index is 1.66. The van der Waals surface area contributed by atoms with E-state index in [1.807, 2.05) is 0 Å². The quantitative estimate of drug-likeness (QED) is 0.808. The third kappa shape index (κ3) is 3.97. The molecule has 0 atom stereocenters. The summed E-state index contributed by atoms with van der Waals surface area (Å²) in [7, 11) is 0. The third-order valence-electron chi connectivity index (χ3n) is 4.53. The summed E-state index contributed by atoms with van der Waals surface area (Å²) < 4.78 is 0. The molecule has 1 aromatic carbocycles. The van der Waals surface area contributed by atoms with Crippen molar-refractivity contribution in [1.29, 1.82) is 0 Å². The van der Waals surface area contributed by atoms with Gasteiger partial charge in [0.1, 0.15) is 0 Å². The summed E-state index contributed by atoms with van der Waals surface area (Å²) in [6.07, 6.45) is 7.46. The minimum Gasteiger partial charge on any atom is -0.368 e. The number of hydrogen-bond acceptors (Lipinski definition) is 3. The maximum atomic E-state index is 11.4. The number of nitrogens with two attached hydrogens (primary N) is 1. The number of carbonyl (C=O) groups excluding carboxylic acids is 1. The van der Waals surface area contributed by atoms with Gasteiger partial charge in [0.15, 0.2) is 0 Å². The smallest absolute Gasteiger partial charge is 0.236 e. The molecule has 2 saturated carbocycles. The third-order valence-corrected chi connectivity index (χ3v) is 4.53. The van der Waals surface area contributed by atoms with Gasteiger partial charge in [-0.05, 0) is 43.4 Å². The first-order valence-corrected chi connectivity index (χ1v) is 8.09. The zero-order valence-corrected chi connectivity index (χ0v) is 12.6. The molecule has 1 aromatic rings. The van der Waals surface area contributed by atoms with Crippen LogP contribution >= 0.6 is 0 Å². The molecule has 0 aromatic heterocycles. The average Bonchev–Trinajstić information content (AvgIpc) is 3.15. The first-order valence-electron chi connectivity index (χ1n) is 8.09. The summed E-state index contributed by atoms with van der Waals surface area (Å²) in [5.74, 6) is -0.249. The van der Waals surface area contributed by atoms with Gasteiger partial charge in [-0.1, -0.05) is 25.0 Å². The maximum Gasteiger partial charge on any atom is 0.236 e. The molecular formula is C17H25N3O. The van der Waals surface area contributed by atoms with Gasteiger partial charge in [0, 0.05) is 24.3 Å². The Morgan fingerprint density at radius 3 is 2.38 bits per heavy atom. The number of nitrogens with one attached hydrogen (secondary N) is 1. The van der Waals surface area contributed by atoms with E-state index in [0.29, 0.717) is 12.6 Å². The van der Waals surface area contributed by atoms with Crippen LogP contribution in [0.5, 0.6) is 0 Å². The topological polar surface area (TPSA) is 58.4 Å². The Bertz CT molecular complexity index is 475. The molecule has 0 bridgehead atoms. The molecule has 1 amide bonds. The van der Waals surface area contributed by atoms with Crippen LogP contribution in [-0.2, 0) is 11.3 Å². The van der Waals surface area contributed by atoms with Crippen LogP contribution in [0, 0.1) is 0 Å². The Kier molecular flexibility index (Phi) is 4.44. The summed E-state index contributed by atoms with van der Waals surface area (Å²) >= 11 is 0. The molecule has 0 saturated heterocycles. The van der Waals surface area contributed by atoms with Gasteiger partial charge in [-0.25, -0.2) is 0 Å². The fourth-order valence-electron chi connectivity index (χ4n) is 3.17. The highest BCUT2D eigenvalue weighted by molar-refractivity contribution is 5.79. The lowest BCUT2D eigenvalue weighted by atomic mass is 10.1. The normalized spacial score (nSPS) is 18.9. The molecule has 0 heterocycles. The van der Waals surface area contributed by atoms with Crippen LogP contribution in [0.1, 0.15) is 44.1 Å². The lowest BCUT2D eigenvalue weighted by Crippen LogP contribution is -2.40. The van der Waals surface area contributed by atoms with Crippen molar-refractivity contribution >= 4 is 11.6 Å². The minimum atomic E-state index is -0.249. The first-order chi connectivity index (χ1) is 10.2. The summed E-state index contributed by atoms with van der Waals surface area (Å²) in [6.45, 7) is 1.26. The fourth-order valence-corrected chi connectivity index (χ4v) is 3.17. The van der Waals surface area contributed by atoms with E-state index in [9.17, 15) is 4.79 Å². The molecule has 0 aliphatic heterocycles. The number of rotatable bonds is 7. The predicted molar refractivity (Wildman–Crippen MR) is 85.1 cm³/mol. The van der Waals surface area contributed by atoms with Gasteiger partial charge in [0.25, 0.3) is 0 Å². The number of primary amides is 1. The van der Waals surface area contributed by atoms with Crippen molar-refractivity contribution in [2.45, 2.75) is 57.2 Å². The number of hydrogen-bond donors (Lipinski definition) is 2. The van der Waals surface area contributed by atoms with E-state index in [1.54, 1.807) is 0 Å². The van der Waals surface area contributed by atoms with Crippen LogP contribution in [0.25, 0.3) is 0 Å². The molecule has 4 nitrogen and oxygen atoms in total. The highest BCUT2D eigenvalue weighted by Crippen LogP contribution is 2.28. The van der Waals surface area contributed by atoms with Crippen molar-refractivity contribution in [2.75, 3.05) is 11.4 Å². The molecular weight excluding hydrogens is 262 g/mol. The number of carbonyl (C=O) groups is 1. The van der Waals surface area contributed by atoms with Crippen LogP contribution in [0.15, 0.2) is 24.3 Å². The van der Waals surface area contributed by atoms with Gasteiger partial charge in [0.05, 0.1) is 6.54 Å². The maximum absolute atomic E-state index is 11.4. The Morgan fingerprint density at radius 2 is 1.81 bits per heavy atom. The van der Waals surface area contributed by atoms with E-state index in [0.717, 1.165) is 31.1 Å².